The maximum absolute atomic E-state index is 11.6. The van der Waals surface area contributed by atoms with E-state index in [0.29, 0.717) is 33.2 Å². The standard InChI is InChI=1S/C10H12Br2O/c11-7-3-6-5-1-4(2-8(5)13)9(6)10(7)12/h4-7,9-10H,1-3H2. The molecule has 6 atom stereocenters. The lowest BCUT2D eigenvalue weighted by Crippen LogP contribution is -2.27. The number of halogens is 2. The van der Waals surface area contributed by atoms with Crippen LogP contribution in [0, 0.1) is 23.7 Å². The van der Waals surface area contributed by atoms with Crippen molar-refractivity contribution in [3.8, 4) is 0 Å². The van der Waals surface area contributed by atoms with Crippen LogP contribution in [0.25, 0.3) is 0 Å². The third-order valence-electron chi connectivity index (χ3n) is 4.20. The third kappa shape index (κ3) is 1.06. The second kappa shape index (κ2) is 2.82. The molecule has 0 amide bonds. The lowest BCUT2D eigenvalue weighted by Gasteiger charge is -2.25. The fourth-order valence-corrected chi connectivity index (χ4v) is 5.55. The van der Waals surface area contributed by atoms with Gasteiger partial charge in [0.2, 0.25) is 0 Å². The van der Waals surface area contributed by atoms with Crippen molar-refractivity contribution in [2.24, 2.45) is 23.7 Å². The van der Waals surface area contributed by atoms with Crippen molar-refractivity contribution in [1.29, 1.82) is 0 Å². The highest BCUT2D eigenvalue weighted by Crippen LogP contribution is 2.60. The first kappa shape index (κ1) is 8.90. The van der Waals surface area contributed by atoms with Crippen LogP contribution in [-0.4, -0.2) is 15.4 Å². The summed E-state index contributed by atoms with van der Waals surface area (Å²) in [5.41, 5.74) is 0. The third-order valence-corrected chi connectivity index (χ3v) is 7.10. The lowest BCUT2D eigenvalue weighted by molar-refractivity contribution is -0.123. The van der Waals surface area contributed by atoms with Crippen LogP contribution < -0.4 is 0 Å². The van der Waals surface area contributed by atoms with Crippen molar-refractivity contribution >= 4 is 37.6 Å². The quantitative estimate of drug-likeness (QED) is 0.629. The van der Waals surface area contributed by atoms with Crippen LogP contribution >= 0.6 is 31.9 Å². The Morgan fingerprint density at radius 1 is 1.23 bits per heavy atom. The molecular formula is C10H12Br2O. The van der Waals surface area contributed by atoms with E-state index in [9.17, 15) is 4.79 Å². The number of rotatable bonds is 0. The highest BCUT2D eigenvalue weighted by molar-refractivity contribution is 9.12. The van der Waals surface area contributed by atoms with Gasteiger partial charge in [-0.05, 0) is 30.6 Å². The summed E-state index contributed by atoms with van der Waals surface area (Å²) in [5.74, 6) is 3.16. The molecule has 3 fully saturated rings. The molecule has 3 rings (SSSR count). The minimum absolute atomic E-state index is 0.428. The number of Topliss-reactive ketones (excluding diaryl/α,β-unsaturated/α-hetero) is 1. The van der Waals surface area contributed by atoms with Gasteiger partial charge in [0.15, 0.2) is 0 Å². The topological polar surface area (TPSA) is 17.1 Å². The summed E-state index contributed by atoms with van der Waals surface area (Å²) in [7, 11) is 0. The van der Waals surface area contributed by atoms with Gasteiger partial charge < -0.3 is 0 Å². The van der Waals surface area contributed by atoms with Crippen molar-refractivity contribution in [2.45, 2.75) is 28.9 Å². The maximum atomic E-state index is 11.6. The number of carbonyl (C=O) groups excluding carboxylic acids is 1. The highest BCUT2D eigenvalue weighted by Gasteiger charge is 2.58. The monoisotopic (exact) mass is 306 g/mol. The molecule has 3 aliphatic rings. The molecule has 3 aliphatic carbocycles. The zero-order valence-electron chi connectivity index (χ0n) is 7.25. The van der Waals surface area contributed by atoms with E-state index in [0.717, 1.165) is 12.3 Å². The molecule has 0 heterocycles. The smallest absolute Gasteiger partial charge is 0.136 e. The summed E-state index contributed by atoms with van der Waals surface area (Å²) >= 11 is 7.48. The zero-order valence-corrected chi connectivity index (χ0v) is 10.4. The van der Waals surface area contributed by atoms with E-state index in [1.807, 2.05) is 0 Å². The predicted octanol–water partition coefficient (Wildman–Crippen LogP) is 2.76. The van der Waals surface area contributed by atoms with Crippen molar-refractivity contribution in [1.82, 2.24) is 0 Å². The van der Waals surface area contributed by atoms with Crippen molar-refractivity contribution in [3.05, 3.63) is 0 Å². The predicted molar refractivity (Wildman–Crippen MR) is 58.2 cm³/mol. The van der Waals surface area contributed by atoms with Crippen LogP contribution in [0.1, 0.15) is 19.3 Å². The van der Waals surface area contributed by atoms with Gasteiger partial charge in [-0.1, -0.05) is 31.9 Å². The summed E-state index contributed by atoms with van der Waals surface area (Å²) < 4.78 is 0. The molecule has 3 heteroatoms. The van der Waals surface area contributed by atoms with Gasteiger partial charge in [-0.15, -0.1) is 0 Å². The van der Waals surface area contributed by atoms with Gasteiger partial charge >= 0.3 is 0 Å². The second-order valence-corrected chi connectivity index (χ2v) is 6.94. The van der Waals surface area contributed by atoms with Gasteiger partial charge in [-0.25, -0.2) is 0 Å². The van der Waals surface area contributed by atoms with Crippen molar-refractivity contribution < 1.29 is 4.79 Å². The van der Waals surface area contributed by atoms with Gasteiger partial charge in [-0.2, -0.15) is 0 Å². The molecule has 0 spiro atoms. The van der Waals surface area contributed by atoms with Crippen LogP contribution in [0.2, 0.25) is 0 Å². The first-order chi connectivity index (χ1) is 6.18. The first-order valence-corrected chi connectivity index (χ1v) is 6.82. The highest BCUT2D eigenvalue weighted by atomic mass is 79.9. The van der Waals surface area contributed by atoms with Crippen molar-refractivity contribution in [2.75, 3.05) is 0 Å². The van der Waals surface area contributed by atoms with E-state index in [1.54, 1.807) is 0 Å². The Bertz CT molecular complexity index is 266. The number of hydrogen-bond donors (Lipinski definition) is 0. The van der Waals surface area contributed by atoms with Gasteiger partial charge in [0, 0.05) is 22.0 Å². The Balaban J connectivity index is 1.93. The van der Waals surface area contributed by atoms with E-state index >= 15 is 0 Å². The normalized spacial score (nSPS) is 58.8. The number of hydrogen-bond acceptors (Lipinski definition) is 1. The van der Waals surface area contributed by atoms with Crippen molar-refractivity contribution in [3.63, 3.8) is 0 Å². The number of ketones is 1. The van der Waals surface area contributed by atoms with Crippen LogP contribution in [0.3, 0.4) is 0 Å². The molecule has 6 unspecified atom stereocenters. The van der Waals surface area contributed by atoms with Gasteiger partial charge in [0.1, 0.15) is 5.78 Å². The van der Waals surface area contributed by atoms with E-state index in [4.69, 9.17) is 0 Å². The largest absolute Gasteiger partial charge is 0.299 e. The average molecular weight is 308 g/mol. The molecule has 13 heavy (non-hydrogen) atoms. The van der Waals surface area contributed by atoms with Crippen LogP contribution in [-0.2, 0) is 4.79 Å². The molecule has 0 N–H and O–H groups in total. The minimum Gasteiger partial charge on any atom is -0.299 e. The Labute approximate surface area is 94.9 Å². The average Bonchev–Trinajstić information content (AvgIpc) is 2.65. The second-order valence-electron chi connectivity index (χ2n) is 4.71. The fourth-order valence-electron chi connectivity index (χ4n) is 3.72. The van der Waals surface area contributed by atoms with Crippen LogP contribution in [0.4, 0.5) is 0 Å². The van der Waals surface area contributed by atoms with Crippen LogP contribution in [0.5, 0.6) is 0 Å². The molecule has 0 saturated heterocycles. The molecule has 3 saturated carbocycles. The van der Waals surface area contributed by atoms with E-state index in [2.05, 4.69) is 31.9 Å². The van der Waals surface area contributed by atoms with Gasteiger partial charge in [0.25, 0.3) is 0 Å². The van der Waals surface area contributed by atoms with Gasteiger partial charge in [-0.3, -0.25) is 4.79 Å². The Kier molecular flexibility index (Phi) is 1.93. The summed E-state index contributed by atoms with van der Waals surface area (Å²) in [6.45, 7) is 0. The summed E-state index contributed by atoms with van der Waals surface area (Å²) in [6, 6.07) is 0. The molecule has 1 nitrogen and oxygen atoms in total. The molecule has 0 aromatic rings. The molecule has 2 bridgehead atoms. The Morgan fingerprint density at radius 3 is 2.77 bits per heavy atom. The summed E-state index contributed by atoms with van der Waals surface area (Å²) in [4.78, 5) is 12.8. The maximum Gasteiger partial charge on any atom is 0.136 e. The van der Waals surface area contributed by atoms with Crippen LogP contribution in [0.15, 0.2) is 0 Å². The molecule has 0 aliphatic heterocycles. The van der Waals surface area contributed by atoms with E-state index < -0.39 is 0 Å². The first-order valence-electron chi connectivity index (χ1n) is 4.99. The minimum atomic E-state index is 0.428. The zero-order chi connectivity index (χ0) is 9.16. The Morgan fingerprint density at radius 2 is 2.00 bits per heavy atom. The SMILES string of the molecule is O=C1CC2CC1C1CC(Br)C(Br)C21. The number of fused-ring (bicyclic) bond motifs is 5. The molecule has 0 aromatic heterocycles. The van der Waals surface area contributed by atoms with E-state index in [1.165, 1.54) is 12.8 Å². The Hall–Kier alpha value is 0.630. The number of alkyl halides is 2. The van der Waals surface area contributed by atoms with Gasteiger partial charge in [0.05, 0.1) is 0 Å². The molecule has 72 valence electrons. The molecular weight excluding hydrogens is 296 g/mol. The van der Waals surface area contributed by atoms with E-state index in [-0.39, 0.29) is 0 Å². The lowest BCUT2D eigenvalue weighted by atomic mass is 9.81. The summed E-state index contributed by atoms with van der Waals surface area (Å²) in [5, 5.41) is 0. The fraction of sp³-hybridized carbons (Fsp3) is 0.900. The number of carbonyl (C=O) groups is 1. The molecule has 0 radical (unpaired) electrons. The summed E-state index contributed by atoms with van der Waals surface area (Å²) in [6.07, 6.45) is 3.26. The molecule has 0 aromatic carbocycles.